The third-order valence-corrected chi connectivity index (χ3v) is 3.23. The van der Waals surface area contributed by atoms with Gasteiger partial charge in [0.15, 0.2) is 0 Å². The van der Waals surface area contributed by atoms with Gasteiger partial charge in [0.05, 0.1) is 0 Å². The Bertz CT molecular complexity index is 414. The molecule has 4 nitrogen and oxygen atoms in total. The van der Waals surface area contributed by atoms with Gasteiger partial charge in [-0.3, -0.25) is 0 Å². The van der Waals surface area contributed by atoms with Gasteiger partial charge in [0.2, 0.25) is 0 Å². The van der Waals surface area contributed by atoms with Gasteiger partial charge in [-0.1, -0.05) is 20.8 Å². The number of hydrogen-bond donors (Lipinski definition) is 1. The number of nitrogens with zero attached hydrogens (tertiary/aromatic N) is 3. The van der Waals surface area contributed by atoms with Crippen LogP contribution in [0.5, 0.6) is 0 Å². The predicted molar refractivity (Wildman–Crippen MR) is 71.3 cm³/mol. The first-order valence-electron chi connectivity index (χ1n) is 6.29. The minimum absolute atomic E-state index is 0.0592. The van der Waals surface area contributed by atoms with Crippen LogP contribution in [0.25, 0.3) is 0 Å². The minimum Gasteiger partial charge on any atom is -0.383 e. The Morgan fingerprint density at radius 3 is 2.24 bits per heavy atom. The summed E-state index contributed by atoms with van der Waals surface area (Å²) in [6, 6.07) is 0. The Kier molecular flexibility index (Phi) is 2.98. The molecule has 1 saturated heterocycles. The summed E-state index contributed by atoms with van der Waals surface area (Å²) in [6.45, 7) is 10.5. The van der Waals surface area contributed by atoms with E-state index in [2.05, 4.69) is 30.7 Å². The molecule has 0 amide bonds. The van der Waals surface area contributed by atoms with E-state index in [-0.39, 0.29) is 5.41 Å². The lowest BCUT2D eigenvalue weighted by Crippen LogP contribution is -2.25. The van der Waals surface area contributed by atoms with Crippen molar-refractivity contribution in [1.29, 1.82) is 0 Å². The topological polar surface area (TPSA) is 55.0 Å². The molecular formula is C13H22N4. The molecule has 2 N–H and O–H groups in total. The van der Waals surface area contributed by atoms with E-state index in [1.54, 1.807) is 0 Å². The Balaban J connectivity index is 2.46. The van der Waals surface area contributed by atoms with Gasteiger partial charge in [0, 0.05) is 24.1 Å². The van der Waals surface area contributed by atoms with Gasteiger partial charge in [-0.25, -0.2) is 9.97 Å². The molecular weight excluding hydrogens is 212 g/mol. The maximum Gasteiger partial charge on any atom is 0.138 e. The molecule has 0 saturated carbocycles. The summed E-state index contributed by atoms with van der Waals surface area (Å²) in [7, 11) is 0. The van der Waals surface area contributed by atoms with Crippen LogP contribution < -0.4 is 10.6 Å². The molecule has 4 heteroatoms. The molecule has 0 radical (unpaired) electrons. The largest absolute Gasteiger partial charge is 0.383 e. The standard InChI is InChI=1S/C13H22N4/c1-9-10(14)15-12(13(2,3)4)16-11(9)17-7-5-6-8-17/h5-8H2,1-4H3,(H2,14,15,16). The molecule has 0 spiro atoms. The maximum absolute atomic E-state index is 6.01. The van der Waals surface area contributed by atoms with Crippen LogP contribution in [0.4, 0.5) is 11.6 Å². The summed E-state index contributed by atoms with van der Waals surface area (Å²) in [6.07, 6.45) is 2.49. The summed E-state index contributed by atoms with van der Waals surface area (Å²) in [4.78, 5) is 11.5. The molecule has 2 heterocycles. The van der Waals surface area contributed by atoms with Crippen molar-refractivity contribution in [1.82, 2.24) is 9.97 Å². The van der Waals surface area contributed by atoms with Crippen molar-refractivity contribution in [2.75, 3.05) is 23.7 Å². The Labute approximate surface area is 103 Å². The van der Waals surface area contributed by atoms with Gasteiger partial charge < -0.3 is 10.6 Å². The van der Waals surface area contributed by atoms with Gasteiger partial charge in [-0.2, -0.15) is 0 Å². The van der Waals surface area contributed by atoms with Crippen molar-refractivity contribution >= 4 is 11.6 Å². The highest BCUT2D eigenvalue weighted by atomic mass is 15.2. The quantitative estimate of drug-likeness (QED) is 0.810. The first-order chi connectivity index (χ1) is 7.89. The summed E-state index contributed by atoms with van der Waals surface area (Å²) in [5.41, 5.74) is 6.96. The Morgan fingerprint density at radius 2 is 1.71 bits per heavy atom. The summed E-state index contributed by atoms with van der Waals surface area (Å²) >= 11 is 0. The summed E-state index contributed by atoms with van der Waals surface area (Å²) in [5, 5.41) is 0. The SMILES string of the molecule is Cc1c(N)nc(C(C)(C)C)nc1N1CCCC1. The van der Waals surface area contributed by atoms with Crippen LogP contribution in [-0.4, -0.2) is 23.1 Å². The fourth-order valence-corrected chi connectivity index (χ4v) is 2.09. The van der Waals surface area contributed by atoms with Crippen LogP contribution in [0.3, 0.4) is 0 Å². The van der Waals surface area contributed by atoms with Gasteiger partial charge >= 0.3 is 0 Å². The molecule has 1 aromatic heterocycles. The number of rotatable bonds is 1. The zero-order valence-corrected chi connectivity index (χ0v) is 11.2. The monoisotopic (exact) mass is 234 g/mol. The van der Waals surface area contributed by atoms with Crippen molar-refractivity contribution in [3.63, 3.8) is 0 Å². The number of hydrogen-bond acceptors (Lipinski definition) is 4. The molecule has 1 aromatic rings. The predicted octanol–water partition coefficient (Wildman–Crippen LogP) is 2.26. The molecule has 2 rings (SSSR count). The number of aromatic nitrogens is 2. The van der Waals surface area contributed by atoms with Crippen molar-refractivity contribution in [3.05, 3.63) is 11.4 Å². The molecule has 0 unspecified atom stereocenters. The Morgan fingerprint density at radius 1 is 1.12 bits per heavy atom. The molecule has 0 atom stereocenters. The van der Waals surface area contributed by atoms with Gasteiger partial charge in [0.25, 0.3) is 0 Å². The van der Waals surface area contributed by atoms with E-state index in [1.165, 1.54) is 12.8 Å². The summed E-state index contributed by atoms with van der Waals surface area (Å²) < 4.78 is 0. The van der Waals surface area contributed by atoms with E-state index in [0.717, 1.165) is 30.3 Å². The number of nitrogen functional groups attached to an aromatic ring is 1. The lowest BCUT2D eigenvalue weighted by molar-refractivity contribution is 0.545. The molecule has 0 aliphatic carbocycles. The highest BCUT2D eigenvalue weighted by molar-refractivity contribution is 5.57. The second-order valence-electron chi connectivity index (χ2n) is 5.83. The smallest absolute Gasteiger partial charge is 0.138 e. The van der Waals surface area contributed by atoms with Crippen LogP contribution in [0.1, 0.15) is 45.0 Å². The highest BCUT2D eigenvalue weighted by Gasteiger charge is 2.23. The zero-order chi connectivity index (χ0) is 12.6. The fraction of sp³-hybridized carbons (Fsp3) is 0.692. The van der Waals surface area contributed by atoms with Crippen LogP contribution >= 0.6 is 0 Å². The second kappa shape index (κ2) is 4.17. The van der Waals surface area contributed by atoms with Crippen LogP contribution in [0, 0.1) is 6.92 Å². The number of nitrogens with two attached hydrogens (primary N) is 1. The molecule has 1 fully saturated rings. The fourth-order valence-electron chi connectivity index (χ4n) is 2.09. The first-order valence-corrected chi connectivity index (χ1v) is 6.29. The van der Waals surface area contributed by atoms with E-state index in [4.69, 9.17) is 10.7 Å². The van der Waals surface area contributed by atoms with Crippen molar-refractivity contribution in [2.45, 2.75) is 46.0 Å². The maximum atomic E-state index is 6.01. The lowest BCUT2D eigenvalue weighted by Gasteiger charge is -2.24. The molecule has 0 bridgehead atoms. The van der Waals surface area contributed by atoms with E-state index in [9.17, 15) is 0 Å². The molecule has 1 aliphatic rings. The van der Waals surface area contributed by atoms with Gasteiger partial charge in [-0.05, 0) is 19.8 Å². The van der Waals surface area contributed by atoms with Crippen molar-refractivity contribution in [3.8, 4) is 0 Å². The average molecular weight is 234 g/mol. The Hall–Kier alpha value is -1.32. The van der Waals surface area contributed by atoms with Crippen LogP contribution in [0.2, 0.25) is 0 Å². The zero-order valence-electron chi connectivity index (χ0n) is 11.2. The highest BCUT2D eigenvalue weighted by Crippen LogP contribution is 2.28. The number of anilines is 2. The molecule has 17 heavy (non-hydrogen) atoms. The van der Waals surface area contributed by atoms with Gasteiger partial charge in [0.1, 0.15) is 17.5 Å². The van der Waals surface area contributed by atoms with Crippen molar-refractivity contribution < 1.29 is 0 Å². The van der Waals surface area contributed by atoms with E-state index in [1.807, 2.05) is 6.92 Å². The molecule has 1 aliphatic heterocycles. The second-order valence-corrected chi connectivity index (χ2v) is 5.83. The third-order valence-electron chi connectivity index (χ3n) is 3.23. The normalized spacial score (nSPS) is 16.6. The van der Waals surface area contributed by atoms with Crippen LogP contribution in [-0.2, 0) is 5.41 Å². The summed E-state index contributed by atoms with van der Waals surface area (Å²) in [5.74, 6) is 2.48. The first kappa shape index (κ1) is 12.1. The molecule has 94 valence electrons. The molecule has 0 aromatic carbocycles. The van der Waals surface area contributed by atoms with Crippen molar-refractivity contribution in [2.24, 2.45) is 0 Å². The van der Waals surface area contributed by atoms with E-state index >= 15 is 0 Å². The van der Waals surface area contributed by atoms with Crippen LogP contribution in [0.15, 0.2) is 0 Å². The van der Waals surface area contributed by atoms with E-state index < -0.39 is 0 Å². The van der Waals surface area contributed by atoms with Gasteiger partial charge in [-0.15, -0.1) is 0 Å². The van der Waals surface area contributed by atoms with E-state index in [0.29, 0.717) is 5.82 Å². The minimum atomic E-state index is -0.0592. The average Bonchev–Trinajstić information content (AvgIpc) is 2.73. The lowest BCUT2D eigenvalue weighted by atomic mass is 9.95. The third kappa shape index (κ3) is 2.35.